The first-order valence-electron chi connectivity index (χ1n) is 19.1. The second-order valence-corrected chi connectivity index (χ2v) is 17.1. The third-order valence-electron chi connectivity index (χ3n) is 10.8. The standard InChI is InChI=1S/C41H60N4O8/c1-9-10-21-29(34(47)36(49)42-23-22-30(46)52-40(5,6)24-26-17-13-11-14-18-26)43-35(48)33-31-28(41(31,7)8)25-45(33)37(50)32(27-19-15-12-16-20-27)44-38(51)53-39(2,3)4/h9,11,13-14,17-18,27-29,31-33H,1,10,12,15-16,19-25H2,2-8H3,(H,42,49)(H,43,48)(H,44,51)/t28?,29?,31?,32-,33?/m0/s1. The summed E-state index contributed by atoms with van der Waals surface area (Å²) in [6.07, 6.45) is 6.24. The molecule has 1 heterocycles. The van der Waals surface area contributed by atoms with Gasteiger partial charge in [-0.3, -0.25) is 24.0 Å². The number of hydrogen-bond donors (Lipinski definition) is 3. The van der Waals surface area contributed by atoms with E-state index in [-0.39, 0.29) is 48.5 Å². The number of fused-ring (bicyclic) bond motifs is 1. The number of piperidine rings is 1. The van der Waals surface area contributed by atoms with Crippen molar-refractivity contribution < 1.29 is 38.2 Å². The Morgan fingerprint density at radius 2 is 1.62 bits per heavy atom. The number of ketones is 1. The van der Waals surface area contributed by atoms with Gasteiger partial charge in [0, 0.05) is 19.5 Å². The van der Waals surface area contributed by atoms with Gasteiger partial charge in [0.2, 0.25) is 17.6 Å². The zero-order chi connectivity index (χ0) is 39.1. The number of allylic oxidation sites excluding steroid dienone is 1. The Morgan fingerprint density at radius 3 is 2.25 bits per heavy atom. The Morgan fingerprint density at radius 1 is 0.962 bits per heavy atom. The number of nitrogens with one attached hydrogen (secondary N) is 3. The number of rotatable bonds is 16. The molecule has 4 unspecified atom stereocenters. The van der Waals surface area contributed by atoms with Crippen molar-refractivity contribution in [2.45, 2.75) is 136 Å². The third kappa shape index (κ3) is 11.1. The van der Waals surface area contributed by atoms with Crippen molar-refractivity contribution in [3.8, 4) is 0 Å². The molecule has 1 saturated heterocycles. The van der Waals surface area contributed by atoms with E-state index >= 15 is 0 Å². The van der Waals surface area contributed by atoms with E-state index in [1.54, 1.807) is 31.7 Å². The molecule has 1 aliphatic heterocycles. The smallest absolute Gasteiger partial charge is 0.408 e. The Bertz CT molecular complexity index is 1510. The molecule has 1 aromatic carbocycles. The SMILES string of the molecule is C=CCCC(NC(=O)C1C2C(CN1C(=O)[C@@H](NC(=O)OC(C)(C)C)C1CCCCC1)C2(C)C)C(=O)C(=O)NCCC(=O)OC(C)(C)Cc1ccccc1. The molecule has 0 spiro atoms. The fourth-order valence-electron chi connectivity index (χ4n) is 8.09. The summed E-state index contributed by atoms with van der Waals surface area (Å²) in [5.41, 5.74) is -0.719. The summed E-state index contributed by atoms with van der Waals surface area (Å²) in [5, 5.41) is 8.16. The van der Waals surface area contributed by atoms with E-state index in [0.717, 1.165) is 37.7 Å². The van der Waals surface area contributed by atoms with Crippen LogP contribution in [-0.4, -0.2) is 82.9 Å². The zero-order valence-corrected chi connectivity index (χ0v) is 32.6. The summed E-state index contributed by atoms with van der Waals surface area (Å²) >= 11 is 0. The van der Waals surface area contributed by atoms with Crippen LogP contribution in [0.5, 0.6) is 0 Å². The van der Waals surface area contributed by atoms with Crippen LogP contribution in [-0.2, 0) is 39.9 Å². The first-order valence-corrected chi connectivity index (χ1v) is 19.1. The van der Waals surface area contributed by atoms with Crippen LogP contribution in [0.2, 0.25) is 0 Å². The van der Waals surface area contributed by atoms with Crippen LogP contribution in [0.4, 0.5) is 4.79 Å². The molecular weight excluding hydrogens is 676 g/mol. The van der Waals surface area contributed by atoms with Gasteiger partial charge >= 0.3 is 12.1 Å². The number of carbonyl (C=O) groups is 6. The molecule has 2 saturated carbocycles. The summed E-state index contributed by atoms with van der Waals surface area (Å²) < 4.78 is 11.2. The maximum atomic E-state index is 14.4. The minimum atomic E-state index is -1.18. The van der Waals surface area contributed by atoms with Gasteiger partial charge in [-0.15, -0.1) is 6.58 Å². The molecule has 292 valence electrons. The normalized spacial score (nSPS) is 22.0. The molecule has 0 bridgehead atoms. The van der Waals surface area contributed by atoms with E-state index in [4.69, 9.17) is 9.47 Å². The molecule has 5 atom stereocenters. The van der Waals surface area contributed by atoms with Gasteiger partial charge in [-0.05, 0) is 89.0 Å². The van der Waals surface area contributed by atoms with Gasteiger partial charge in [0.05, 0.1) is 12.5 Å². The van der Waals surface area contributed by atoms with E-state index in [9.17, 15) is 28.8 Å². The summed E-state index contributed by atoms with van der Waals surface area (Å²) in [5.74, 6) is -3.34. The maximum absolute atomic E-state index is 14.4. The van der Waals surface area contributed by atoms with Crippen LogP contribution in [0.3, 0.4) is 0 Å². The largest absolute Gasteiger partial charge is 0.459 e. The van der Waals surface area contributed by atoms with Crippen LogP contribution >= 0.6 is 0 Å². The molecule has 4 amide bonds. The first kappa shape index (κ1) is 41.5. The number of ether oxygens (including phenoxy) is 2. The highest BCUT2D eigenvalue weighted by molar-refractivity contribution is 6.38. The van der Waals surface area contributed by atoms with E-state index in [2.05, 4.69) is 36.4 Å². The highest BCUT2D eigenvalue weighted by atomic mass is 16.6. The molecule has 53 heavy (non-hydrogen) atoms. The number of hydrogen-bond acceptors (Lipinski definition) is 8. The molecule has 4 rings (SSSR count). The molecule has 3 N–H and O–H groups in total. The summed E-state index contributed by atoms with van der Waals surface area (Å²) in [6, 6.07) is 6.72. The molecule has 12 heteroatoms. The molecule has 1 aromatic rings. The average molecular weight is 737 g/mol. The first-order chi connectivity index (χ1) is 24.8. The third-order valence-corrected chi connectivity index (χ3v) is 10.8. The quantitative estimate of drug-likeness (QED) is 0.121. The molecule has 0 aromatic heterocycles. The van der Waals surface area contributed by atoms with Crippen LogP contribution in [0, 0.1) is 23.2 Å². The molecule has 3 fully saturated rings. The molecular formula is C41H60N4O8. The van der Waals surface area contributed by atoms with Gasteiger partial charge in [0.1, 0.15) is 23.3 Å². The topological polar surface area (TPSA) is 160 Å². The lowest BCUT2D eigenvalue weighted by molar-refractivity contribution is -0.156. The van der Waals surface area contributed by atoms with Crippen LogP contribution < -0.4 is 16.0 Å². The molecule has 0 radical (unpaired) electrons. The van der Waals surface area contributed by atoms with Crippen molar-refractivity contribution in [1.82, 2.24) is 20.9 Å². The van der Waals surface area contributed by atoms with E-state index in [0.29, 0.717) is 19.4 Å². The van der Waals surface area contributed by atoms with Crippen molar-refractivity contribution >= 4 is 35.6 Å². The van der Waals surface area contributed by atoms with Gasteiger partial charge < -0.3 is 30.3 Å². The zero-order valence-electron chi connectivity index (χ0n) is 32.6. The lowest BCUT2D eigenvalue weighted by Crippen LogP contribution is -2.59. The summed E-state index contributed by atoms with van der Waals surface area (Å²) in [6.45, 7) is 17.0. The van der Waals surface area contributed by atoms with Crippen LogP contribution in [0.1, 0.15) is 105 Å². The number of amides is 4. The fourth-order valence-corrected chi connectivity index (χ4v) is 8.09. The number of nitrogens with zero attached hydrogens (tertiary/aromatic N) is 1. The lowest BCUT2D eigenvalue weighted by Gasteiger charge is -2.37. The maximum Gasteiger partial charge on any atom is 0.408 e. The lowest BCUT2D eigenvalue weighted by atomic mass is 9.83. The van der Waals surface area contributed by atoms with Gasteiger partial charge in [-0.2, -0.15) is 0 Å². The number of Topliss-reactive ketones (excluding diaryl/α,β-unsaturated/α-hetero) is 1. The van der Waals surface area contributed by atoms with Gasteiger partial charge in [-0.25, -0.2) is 4.79 Å². The Labute approximate surface area is 314 Å². The summed E-state index contributed by atoms with van der Waals surface area (Å²) in [7, 11) is 0. The van der Waals surface area contributed by atoms with Crippen molar-refractivity contribution in [3.63, 3.8) is 0 Å². The minimum absolute atomic E-state index is 0.0683. The predicted octanol–water partition coefficient (Wildman–Crippen LogP) is 5.03. The van der Waals surface area contributed by atoms with E-state index < -0.39 is 59.0 Å². The molecule has 3 aliphatic rings. The summed E-state index contributed by atoms with van der Waals surface area (Å²) in [4.78, 5) is 82.2. The Kier molecular flexibility index (Phi) is 13.5. The minimum Gasteiger partial charge on any atom is -0.459 e. The molecule has 2 aliphatic carbocycles. The Balaban J connectivity index is 1.41. The van der Waals surface area contributed by atoms with E-state index in [1.165, 1.54) is 0 Å². The van der Waals surface area contributed by atoms with Crippen molar-refractivity contribution in [2.24, 2.45) is 23.2 Å². The van der Waals surface area contributed by atoms with E-state index in [1.807, 2.05) is 44.2 Å². The highest BCUT2D eigenvalue weighted by Crippen LogP contribution is 2.65. The van der Waals surface area contributed by atoms with Crippen molar-refractivity contribution in [3.05, 3.63) is 48.6 Å². The fraction of sp³-hybridized carbons (Fsp3) is 0.659. The second-order valence-electron chi connectivity index (χ2n) is 17.1. The predicted molar refractivity (Wildman–Crippen MR) is 200 cm³/mol. The average Bonchev–Trinajstić information content (AvgIpc) is 3.38. The highest BCUT2D eigenvalue weighted by Gasteiger charge is 2.69. The van der Waals surface area contributed by atoms with Gasteiger partial charge in [0.25, 0.3) is 5.91 Å². The van der Waals surface area contributed by atoms with Gasteiger partial charge in [-0.1, -0.05) is 69.5 Å². The van der Waals surface area contributed by atoms with Crippen LogP contribution in [0.25, 0.3) is 0 Å². The Hall–Kier alpha value is -4.22. The number of carbonyl (C=O) groups excluding carboxylic acids is 6. The number of alkyl carbamates (subject to hydrolysis) is 1. The number of likely N-dealkylation sites (tertiary alicyclic amines) is 1. The van der Waals surface area contributed by atoms with Crippen LogP contribution in [0.15, 0.2) is 43.0 Å². The molecule has 12 nitrogen and oxygen atoms in total. The second kappa shape index (κ2) is 17.3. The van der Waals surface area contributed by atoms with Crippen molar-refractivity contribution in [2.75, 3.05) is 13.1 Å². The van der Waals surface area contributed by atoms with Gasteiger partial charge in [0.15, 0.2) is 0 Å². The van der Waals surface area contributed by atoms with Crippen molar-refractivity contribution in [1.29, 1.82) is 0 Å². The monoisotopic (exact) mass is 736 g/mol. The number of esters is 1. The number of benzene rings is 1.